The molecule has 2 aromatic carbocycles. The Labute approximate surface area is 133 Å². The molecule has 0 fully saturated rings. The highest BCUT2D eigenvalue weighted by molar-refractivity contribution is 5.93. The van der Waals surface area contributed by atoms with Gasteiger partial charge in [-0.3, -0.25) is 4.79 Å². The van der Waals surface area contributed by atoms with Crippen LogP contribution in [0.2, 0.25) is 0 Å². The summed E-state index contributed by atoms with van der Waals surface area (Å²) in [5, 5.41) is 21.7. The average Bonchev–Trinajstić information content (AvgIpc) is 2.93. The summed E-state index contributed by atoms with van der Waals surface area (Å²) in [4.78, 5) is 12.2. The standard InChI is InChI=1S/C18H12N4O/c19-9-13-4-3-5-15(8-13)21-18(23)12-22-11-14(10-20)16-6-1-2-7-17(16)22/h1-8,11H,12H2,(H,21,23). The molecule has 0 bridgehead atoms. The van der Waals surface area contributed by atoms with Gasteiger partial charge in [-0.05, 0) is 24.3 Å². The number of carbonyl (C=O) groups excluding carboxylic acids is 1. The first kappa shape index (κ1) is 14.4. The van der Waals surface area contributed by atoms with E-state index in [1.54, 1.807) is 35.0 Å². The molecule has 1 amide bonds. The molecule has 0 atom stereocenters. The zero-order valence-corrected chi connectivity index (χ0v) is 12.2. The van der Waals surface area contributed by atoms with Gasteiger partial charge in [-0.25, -0.2) is 0 Å². The zero-order chi connectivity index (χ0) is 16.2. The van der Waals surface area contributed by atoms with Crippen LogP contribution in [0.5, 0.6) is 0 Å². The number of rotatable bonds is 3. The van der Waals surface area contributed by atoms with E-state index in [1.165, 1.54) is 0 Å². The summed E-state index contributed by atoms with van der Waals surface area (Å²) in [5.41, 5.74) is 2.44. The predicted octanol–water partition coefficient (Wildman–Crippen LogP) is 3.02. The highest BCUT2D eigenvalue weighted by Crippen LogP contribution is 2.20. The fourth-order valence-corrected chi connectivity index (χ4v) is 2.49. The molecule has 23 heavy (non-hydrogen) atoms. The van der Waals surface area contributed by atoms with E-state index in [9.17, 15) is 10.1 Å². The van der Waals surface area contributed by atoms with Crippen molar-refractivity contribution in [3.05, 3.63) is 65.9 Å². The van der Waals surface area contributed by atoms with E-state index in [1.807, 2.05) is 30.3 Å². The summed E-state index contributed by atoms with van der Waals surface area (Å²) < 4.78 is 1.75. The molecular formula is C18H12N4O. The molecule has 0 aliphatic heterocycles. The SMILES string of the molecule is N#Cc1cccc(NC(=O)Cn2cc(C#N)c3ccccc32)c1. The van der Waals surface area contributed by atoms with E-state index in [0.29, 0.717) is 16.8 Å². The fourth-order valence-electron chi connectivity index (χ4n) is 2.49. The van der Waals surface area contributed by atoms with E-state index in [4.69, 9.17) is 5.26 Å². The lowest BCUT2D eigenvalue weighted by Gasteiger charge is -2.07. The van der Waals surface area contributed by atoms with Crippen molar-refractivity contribution in [1.82, 2.24) is 4.57 Å². The molecule has 110 valence electrons. The van der Waals surface area contributed by atoms with E-state index in [-0.39, 0.29) is 12.5 Å². The van der Waals surface area contributed by atoms with Crippen LogP contribution in [0.3, 0.4) is 0 Å². The van der Waals surface area contributed by atoms with Crippen molar-refractivity contribution in [2.45, 2.75) is 6.54 Å². The fraction of sp³-hybridized carbons (Fsp3) is 0.0556. The number of fused-ring (bicyclic) bond motifs is 1. The zero-order valence-electron chi connectivity index (χ0n) is 12.2. The quantitative estimate of drug-likeness (QED) is 0.807. The van der Waals surface area contributed by atoms with Crippen LogP contribution in [0, 0.1) is 22.7 Å². The topological polar surface area (TPSA) is 81.6 Å². The Balaban J connectivity index is 1.83. The van der Waals surface area contributed by atoms with E-state index in [2.05, 4.69) is 11.4 Å². The van der Waals surface area contributed by atoms with Crippen molar-refractivity contribution in [3.8, 4) is 12.1 Å². The van der Waals surface area contributed by atoms with Crippen LogP contribution in [0.1, 0.15) is 11.1 Å². The van der Waals surface area contributed by atoms with Crippen LogP contribution in [-0.2, 0) is 11.3 Å². The lowest BCUT2D eigenvalue weighted by atomic mass is 10.2. The third-order valence-corrected chi connectivity index (χ3v) is 3.50. The number of nitrogens with zero attached hydrogens (tertiary/aromatic N) is 3. The largest absolute Gasteiger partial charge is 0.337 e. The van der Waals surface area contributed by atoms with Crippen LogP contribution < -0.4 is 5.32 Å². The molecule has 1 N–H and O–H groups in total. The van der Waals surface area contributed by atoms with Gasteiger partial charge in [0.15, 0.2) is 0 Å². The summed E-state index contributed by atoms with van der Waals surface area (Å²) in [6.45, 7) is 0.0962. The van der Waals surface area contributed by atoms with Crippen LogP contribution in [0.25, 0.3) is 10.9 Å². The maximum atomic E-state index is 12.2. The minimum Gasteiger partial charge on any atom is -0.337 e. The molecule has 0 saturated heterocycles. The molecule has 0 saturated carbocycles. The second-order valence-corrected chi connectivity index (χ2v) is 5.04. The molecule has 0 unspecified atom stereocenters. The van der Waals surface area contributed by atoms with Gasteiger partial charge < -0.3 is 9.88 Å². The first-order valence-corrected chi connectivity index (χ1v) is 6.99. The highest BCUT2D eigenvalue weighted by atomic mass is 16.1. The minimum atomic E-state index is -0.217. The first-order valence-electron chi connectivity index (χ1n) is 6.99. The number of nitriles is 2. The molecule has 0 spiro atoms. The number of nitrogens with one attached hydrogen (secondary N) is 1. The molecule has 5 heteroatoms. The Hall–Kier alpha value is -3.57. The van der Waals surface area contributed by atoms with Gasteiger partial charge in [0.05, 0.1) is 17.2 Å². The molecule has 1 heterocycles. The maximum Gasteiger partial charge on any atom is 0.244 e. The van der Waals surface area contributed by atoms with Gasteiger partial charge >= 0.3 is 0 Å². The van der Waals surface area contributed by atoms with Gasteiger partial charge in [-0.1, -0.05) is 24.3 Å². The highest BCUT2D eigenvalue weighted by Gasteiger charge is 2.10. The van der Waals surface area contributed by atoms with Crippen LogP contribution in [0.15, 0.2) is 54.7 Å². The van der Waals surface area contributed by atoms with Crippen molar-refractivity contribution in [1.29, 1.82) is 10.5 Å². The Morgan fingerprint density at radius 1 is 1.09 bits per heavy atom. The molecule has 1 aromatic heterocycles. The average molecular weight is 300 g/mol. The minimum absolute atomic E-state index is 0.0962. The summed E-state index contributed by atoms with van der Waals surface area (Å²) in [7, 11) is 0. The number of benzene rings is 2. The maximum absolute atomic E-state index is 12.2. The molecule has 5 nitrogen and oxygen atoms in total. The van der Waals surface area contributed by atoms with Gasteiger partial charge in [-0.15, -0.1) is 0 Å². The number of aromatic nitrogens is 1. The molecular weight excluding hydrogens is 288 g/mol. The van der Waals surface area contributed by atoms with Gasteiger partial charge in [0.25, 0.3) is 0 Å². The van der Waals surface area contributed by atoms with Crippen molar-refractivity contribution in [3.63, 3.8) is 0 Å². The van der Waals surface area contributed by atoms with Gasteiger partial charge in [0, 0.05) is 22.8 Å². The van der Waals surface area contributed by atoms with Crippen molar-refractivity contribution >= 4 is 22.5 Å². The lowest BCUT2D eigenvalue weighted by Crippen LogP contribution is -2.18. The Bertz CT molecular complexity index is 973. The molecule has 3 aromatic rings. The van der Waals surface area contributed by atoms with Gasteiger partial charge in [0.1, 0.15) is 12.6 Å². The smallest absolute Gasteiger partial charge is 0.244 e. The predicted molar refractivity (Wildman–Crippen MR) is 86.4 cm³/mol. The second-order valence-electron chi connectivity index (χ2n) is 5.04. The van der Waals surface area contributed by atoms with Gasteiger partial charge in [-0.2, -0.15) is 10.5 Å². The number of hydrogen-bond acceptors (Lipinski definition) is 3. The Kier molecular flexibility index (Phi) is 3.78. The van der Waals surface area contributed by atoms with E-state index < -0.39 is 0 Å². The number of para-hydroxylation sites is 1. The number of carbonyl (C=O) groups is 1. The summed E-state index contributed by atoms with van der Waals surface area (Å²) in [6.07, 6.45) is 1.68. The van der Waals surface area contributed by atoms with Crippen LogP contribution in [-0.4, -0.2) is 10.5 Å². The molecule has 0 radical (unpaired) electrons. The number of hydrogen-bond donors (Lipinski definition) is 1. The summed E-state index contributed by atoms with van der Waals surface area (Å²) >= 11 is 0. The van der Waals surface area contributed by atoms with Crippen molar-refractivity contribution < 1.29 is 4.79 Å². The second kappa shape index (κ2) is 6.05. The monoisotopic (exact) mass is 300 g/mol. The summed E-state index contributed by atoms with van der Waals surface area (Å²) in [6, 6.07) is 18.4. The number of anilines is 1. The Morgan fingerprint density at radius 3 is 2.70 bits per heavy atom. The Morgan fingerprint density at radius 2 is 1.91 bits per heavy atom. The molecule has 0 aliphatic rings. The van der Waals surface area contributed by atoms with E-state index in [0.717, 1.165) is 10.9 Å². The molecule has 0 aliphatic carbocycles. The van der Waals surface area contributed by atoms with Crippen molar-refractivity contribution in [2.24, 2.45) is 0 Å². The van der Waals surface area contributed by atoms with Crippen LogP contribution in [0.4, 0.5) is 5.69 Å². The lowest BCUT2D eigenvalue weighted by molar-refractivity contribution is -0.116. The first-order chi connectivity index (χ1) is 11.2. The third-order valence-electron chi connectivity index (χ3n) is 3.50. The van der Waals surface area contributed by atoms with E-state index >= 15 is 0 Å². The van der Waals surface area contributed by atoms with Gasteiger partial charge in [0.2, 0.25) is 5.91 Å². The number of amides is 1. The van der Waals surface area contributed by atoms with Crippen molar-refractivity contribution in [2.75, 3.05) is 5.32 Å². The summed E-state index contributed by atoms with van der Waals surface area (Å²) in [5.74, 6) is -0.217. The molecule has 3 rings (SSSR count). The normalized spacial score (nSPS) is 10.0. The third kappa shape index (κ3) is 2.90. The van der Waals surface area contributed by atoms with Crippen LogP contribution >= 0.6 is 0 Å².